The summed E-state index contributed by atoms with van der Waals surface area (Å²) in [5, 5.41) is 12.7. The van der Waals surface area contributed by atoms with Crippen LogP contribution in [0.25, 0.3) is 6.08 Å². The number of amides is 1. The van der Waals surface area contributed by atoms with Crippen LogP contribution in [0.3, 0.4) is 0 Å². The number of halogens is 3. The van der Waals surface area contributed by atoms with Crippen LogP contribution in [-0.2, 0) is 4.79 Å². The maximum absolute atomic E-state index is 12.4. The van der Waals surface area contributed by atoms with E-state index in [4.69, 9.17) is 44.3 Å². The molecule has 2 aromatic rings. The van der Waals surface area contributed by atoms with Crippen molar-refractivity contribution in [1.82, 2.24) is 0 Å². The van der Waals surface area contributed by atoms with Crippen molar-refractivity contribution in [2.45, 2.75) is 6.92 Å². The second-order valence-corrected chi connectivity index (χ2v) is 6.38. The highest BCUT2D eigenvalue weighted by Gasteiger charge is 2.15. The zero-order chi connectivity index (χ0) is 20.0. The third-order valence-electron chi connectivity index (χ3n) is 3.41. The van der Waals surface area contributed by atoms with Crippen molar-refractivity contribution in [3.63, 3.8) is 0 Å². The van der Waals surface area contributed by atoms with Gasteiger partial charge in [0.2, 0.25) is 0 Å². The number of benzene rings is 2. The van der Waals surface area contributed by atoms with Crippen LogP contribution in [0.4, 0.5) is 5.69 Å². The van der Waals surface area contributed by atoms with E-state index < -0.39 is 5.91 Å². The molecule has 0 aliphatic rings. The topological polar surface area (TPSA) is 71.3 Å². The standard InChI is InChI=1S/C19H15Cl3N2O3/c1-3-27-16-9-11(8-14(21)18(16)26-2)7-12(10-23)19(25)24-15-6-4-5-13(20)17(15)22/h4-9H,3H2,1-2H3,(H,24,25)/b12-7+. The second-order valence-electron chi connectivity index (χ2n) is 5.19. The second kappa shape index (κ2) is 9.52. The first-order chi connectivity index (χ1) is 12.9. The van der Waals surface area contributed by atoms with E-state index in [2.05, 4.69) is 5.32 Å². The Morgan fingerprint density at radius 2 is 2.00 bits per heavy atom. The van der Waals surface area contributed by atoms with Crippen LogP contribution in [0.1, 0.15) is 12.5 Å². The van der Waals surface area contributed by atoms with Crippen molar-refractivity contribution < 1.29 is 14.3 Å². The van der Waals surface area contributed by atoms with Gasteiger partial charge in [-0.15, -0.1) is 0 Å². The van der Waals surface area contributed by atoms with Gasteiger partial charge >= 0.3 is 0 Å². The predicted octanol–water partition coefficient (Wildman–Crippen LogP) is 5.60. The van der Waals surface area contributed by atoms with Crippen molar-refractivity contribution >= 4 is 52.5 Å². The summed E-state index contributed by atoms with van der Waals surface area (Å²) in [5.74, 6) is 0.158. The molecule has 5 nitrogen and oxygen atoms in total. The Kier molecular flexibility index (Phi) is 7.37. The number of nitrogens with zero attached hydrogens (tertiary/aromatic N) is 1. The normalized spacial score (nSPS) is 10.9. The van der Waals surface area contributed by atoms with E-state index in [-0.39, 0.29) is 10.6 Å². The summed E-state index contributed by atoms with van der Waals surface area (Å²) in [5.41, 5.74) is 0.668. The van der Waals surface area contributed by atoms with E-state index in [1.807, 2.05) is 13.0 Å². The molecular weight excluding hydrogens is 411 g/mol. The van der Waals surface area contributed by atoms with Gasteiger partial charge in [0, 0.05) is 0 Å². The summed E-state index contributed by atoms with van der Waals surface area (Å²) in [6.07, 6.45) is 1.39. The maximum atomic E-state index is 12.4. The van der Waals surface area contributed by atoms with E-state index in [1.165, 1.54) is 13.2 Å². The van der Waals surface area contributed by atoms with Gasteiger partial charge in [-0.3, -0.25) is 4.79 Å². The zero-order valence-electron chi connectivity index (χ0n) is 14.5. The SMILES string of the molecule is CCOc1cc(/C=C(\C#N)C(=O)Nc2cccc(Cl)c2Cl)cc(Cl)c1OC. The molecule has 0 atom stereocenters. The number of methoxy groups -OCH3 is 1. The highest BCUT2D eigenvalue weighted by atomic mass is 35.5. The van der Waals surface area contributed by atoms with Crippen LogP contribution in [0.5, 0.6) is 11.5 Å². The monoisotopic (exact) mass is 424 g/mol. The van der Waals surface area contributed by atoms with Crippen LogP contribution >= 0.6 is 34.8 Å². The van der Waals surface area contributed by atoms with Gasteiger partial charge in [0.1, 0.15) is 11.6 Å². The minimum absolute atomic E-state index is 0.144. The van der Waals surface area contributed by atoms with Crippen molar-refractivity contribution in [3.05, 3.63) is 56.5 Å². The molecule has 0 bridgehead atoms. The van der Waals surface area contributed by atoms with Gasteiger partial charge in [0.05, 0.1) is 34.5 Å². The lowest BCUT2D eigenvalue weighted by molar-refractivity contribution is -0.112. The summed E-state index contributed by atoms with van der Waals surface area (Å²) in [6.45, 7) is 2.22. The van der Waals surface area contributed by atoms with E-state index in [0.717, 1.165) is 0 Å². The molecule has 0 aliphatic carbocycles. The molecule has 0 spiro atoms. The van der Waals surface area contributed by atoms with Crippen LogP contribution in [0, 0.1) is 11.3 Å². The number of nitriles is 1. The number of carbonyl (C=O) groups excluding carboxylic acids is 1. The average Bonchev–Trinajstić information content (AvgIpc) is 2.63. The van der Waals surface area contributed by atoms with E-state index >= 15 is 0 Å². The lowest BCUT2D eigenvalue weighted by Crippen LogP contribution is -2.13. The Balaban J connectivity index is 2.36. The predicted molar refractivity (Wildman–Crippen MR) is 108 cm³/mol. The van der Waals surface area contributed by atoms with Crippen molar-refractivity contribution in [3.8, 4) is 17.6 Å². The summed E-state index contributed by atoms with van der Waals surface area (Å²) in [6, 6.07) is 9.87. The Hall–Kier alpha value is -2.39. The molecule has 140 valence electrons. The fourth-order valence-corrected chi connectivity index (χ4v) is 2.88. The molecule has 0 unspecified atom stereocenters. The quantitative estimate of drug-likeness (QED) is 0.483. The minimum Gasteiger partial charge on any atom is -0.491 e. The molecule has 0 saturated carbocycles. The summed E-state index contributed by atoms with van der Waals surface area (Å²) < 4.78 is 10.7. The first-order valence-corrected chi connectivity index (χ1v) is 8.92. The van der Waals surface area contributed by atoms with Crippen molar-refractivity contribution in [2.24, 2.45) is 0 Å². The molecule has 1 amide bonds. The first-order valence-electron chi connectivity index (χ1n) is 7.78. The molecule has 8 heteroatoms. The molecule has 0 heterocycles. The van der Waals surface area contributed by atoms with Crippen LogP contribution in [-0.4, -0.2) is 19.6 Å². The van der Waals surface area contributed by atoms with Gasteiger partial charge in [-0.05, 0) is 42.8 Å². The summed E-state index contributed by atoms with van der Waals surface area (Å²) in [4.78, 5) is 12.4. The molecule has 0 aliphatic heterocycles. The van der Waals surface area contributed by atoms with Gasteiger partial charge in [-0.25, -0.2) is 0 Å². The maximum Gasteiger partial charge on any atom is 0.266 e. The number of ether oxygens (including phenoxy) is 2. The van der Waals surface area contributed by atoms with Crippen molar-refractivity contribution in [2.75, 3.05) is 19.0 Å². The number of hydrogen-bond donors (Lipinski definition) is 1. The number of carbonyl (C=O) groups is 1. The Morgan fingerprint density at radius 3 is 2.63 bits per heavy atom. The number of hydrogen-bond acceptors (Lipinski definition) is 4. The Labute approximate surface area is 172 Å². The molecule has 0 radical (unpaired) electrons. The molecule has 1 N–H and O–H groups in total. The highest BCUT2D eigenvalue weighted by molar-refractivity contribution is 6.44. The van der Waals surface area contributed by atoms with Crippen LogP contribution in [0.15, 0.2) is 35.9 Å². The molecular formula is C19H15Cl3N2O3. The summed E-state index contributed by atoms with van der Waals surface area (Å²) in [7, 11) is 1.47. The van der Waals surface area contributed by atoms with Gasteiger partial charge in [0.15, 0.2) is 11.5 Å². The van der Waals surface area contributed by atoms with Gasteiger partial charge in [0.25, 0.3) is 5.91 Å². The molecule has 0 aromatic heterocycles. The minimum atomic E-state index is -0.633. The average molecular weight is 426 g/mol. The smallest absolute Gasteiger partial charge is 0.266 e. The van der Waals surface area contributed by atoms with Gasteiger partial charge in [-0.2, -0.15) is 5.26 Å². The van der Waals surface area contributed by atoms with E-state index in [9.17, 15) is 10.1 Å². The molecule has 2 aromatic carbocycles. The van der Waals surface area contributed by atoms with E-state index in [0.29, 0.717) is 39.4 Å². The van der Waals surface area contributed by atoms with E-state index in [1.54, 1.807) is 30.3 Å². The Morgan fingerprint density at radius 1 is 1.26 bits per heavy atom. The summed E-state index contributed by atoms with van der Waals surface area (Å²) >= 11 is 18.2. The zero-order valence-corrected chi connectivity index (χ0v) is 16.7. The molecule has 0 fully saturated rings. The fraction of sp³-hybridized carbons (Fsp3) is 0.158. The van der Waals surface area contributed by atoms with Gasteiger partial charge < -0.3 is 14.8 Å². The lowest BCUT2D eigenvalue weighted by Gasteiger charge is -2.12. The van der Waals surface area contributed by atoms with Gasteiger partial charge in [-0.1, -0.05) is 40.9 Å². The number of anilines is 1. The van der Waals surface area contributed by atoms with Crippen LogP contribution in [0.2, 0.25) is 15.1 Å². The lowest BCUT2D eigenvalue weighted by atomic mass is 10.1. The largest absolute Gasteiger partial charge is 0.491 e. The number of nitrogens with one attached hydrogen (secondary N) is 1. The Bertz CT molecular complexity index is 937. The third kappa shape index (κ3) is 5.08. The molecule has 27 heavy (non-hydrogen) atoms. The fourth-order valence-electron chi connectivity index (χ4n) is 2.24. The van der Waals surface area contributed by atoms with Crippen molar-refractivity contribution in [1.29, 1.82) is 5.26 Å². The highest BCUT2D eigenvalue weighted by Crippen LogP contribution is 2.37. The third-order valence-corrected chi connectivity index (χ3v) is 4.51. The van der Waals surface area contributed by atoms with Crippen LogP contribution < -0.4 is 14.8 Å². The molecule has 0 saturated heterocycles. The molecule has 2 rings (SSSR count). The number of rotatable bonds is 6. The first kappa shape index (κ1) is 20.9.